The van der Waals surface area contributed by atoms with E-state index < -0.39 is 5.82 Å². The van der Waals surface area contributed by atoms with E-state index in [0.29, 0.717) is 12.1 Å². The molecular formula is C13H18Cl2FN3O. The molecule has 112 valence electrons. The van der Waals surface area contributed by atoms with Crippen LogP contribution in [-0.2, 0) is 0 Å². The maximum atomic E-state index is 13.4. The van der Waals surface area contributed by atoms with Crippen molar-refractivity contribution in [3.8, 4) is 0 Å². The van der Waals surface area contributed by atoms with E-state index in [1.54, 1.807) is 0 Å². The van der Waals surface area contributed by atoms with Crippen LogP contribution in [0.25, 0.3) is 0 Å². The molecule has 2 N–H and O–H groups in total. The Morgan fingerprint density at radius 3 is 2.55 bits per heavy atom. The van der Waals surface area contributed by atoms with Crippen molar-refractivity contribution in [3.05, 3.63) is 29.8 Å². The molecule has 2 aliphatic rings. The van der Waals surface area contributed by atoms with Crippen molar-refractivity contribution in [3.63, 3.8) is 0 Å². The summed E-state index contributed by atoms with van der Waals surface area (Å²) >= 11 is 0. The number of nitrogens with one attached hydrogen (secondary N) is 2. The molecule has 2 unspecified atom stereocenters. The molecule has 2 bridgehead atoms. The van der Waals surface area contributed by atoms with E-state index in [0.717, 1.165) is 19.0 Å². The highest BCUT2D eigenvalue weighted by Gasteiger charge is 2.34. The zero-order chi connectivity index (χ0) is 12.5. The summed E-state index contributed by atoms with van der Waals surface area (Å²) in [7, 11) is 0. The molecule has 4 nitrogen and oxygen atoms in total. The third-order valence-electron chi connectivity index (χ3n) is 3.83. The van der Waals surface area contributed by atoms with Crippen LogP contribution in [0.3, 0.4) is 0 Å². The molecule has 2 saturated heterocycles. The Balaban J connectivity index is 0.000001000. The topological polar surface area (TPSA) is 54.0 Å². The Kier molecular flexibility index (Phi) is 6.17. The third kappa shape index (κ3) is 3.59. The number of hydrogen-bond acceptors (Lipinski definition) is 3. The minimum absolute atomic E-state index is 0. The predicted molar refractivity (Wildman–Crippen MR) is 79.1 cm³/mol. The van der Waals surface area contributed by atoms with E-state index in [1.165, 1.54) is 25.1 Å². The zero-order valence-corrected chi connectivity index (χ0v) is 12.5. The van der Waals surface area contributed by atoms with Gasteiger partial charge in [0.25, 0.3) is 5.91 Å². The van der Waals surface area contributed by atoms with Crippen molar-refractivity contribution >= 4 is 30.7 Å². The van der Waals surface area contributed by atoms with Crippen molar-refractivity contribution in [1.82, 2.24) is 15.6 Å². The van der Waals surface area contributed by atoms with Crippen molar-refractivity contribution in [2.45, 2.75) is 43.8 Å². The van der Waals surface area contributed by atoms with Crippen LogP contribution in [0.15, 0.2) is 18.5 Å². The van der Waals surface area contributed by atoms with Crippen molar-refractivity contribution < 1.29 is 9.18 Å². The van der Waals surface area contributed by atoms with Gasteiger partial charge < -0.3 is 10.6 Å². The van der Waals surface area contributed by atoms with E-state index in [1.807, 2.05) is 0 Å². The number of piperidine rings is 1. The summed E-state index contributed by atoms with van der Waals surface area (Å²) in [5, 5.41) is 6.44. The molecule has 3 rings (SSSR count). The van der Waals surface area contributed by atoms with Crippen LogP contribution >= 0.6 is 24.8 Å². The van der Waals surface area contributed by atoms with Gasteiger partial charge in [0, 0.05) is 24.3 Å². The number of fused-ring (bicyclic) bond motifs is 2. The van der Waals surface area contributed by atoms with Gasteiger partial charge in [0.1, 0.15) is 0 Å². The Morgan fingerprint density at radius 1 is 1.30 bits per heavy atom. The number of halogens is 3. The van der Waals surface area contributed by atoms with Crippen molar-refractivity contribution in [2.75, 3.05) is 0 Å². The quantitative estimate of drug-likeness (QED) is 0.876. The van der Waals surface area contributed by atoms with E-state index in [4.69, 9.17) is 0 Å². The van der Waals surface area contributed by atoms with Gasteiger partial charge in [-0.15, -0.1) is 24.8 Å². The summed E-state index contributed by atoms with van der Waals surface area (Å²) in [6.45, 7) is 0. The second-order valence-electron chi connectivity index (χ2n) is 5.14. The molecule has 1 amide bonds. The standard InChI is InChI=1S/C13H16FN3O.2ClH/c14-12-7-15-4-3-11(12)13(18)17-10-5-8-1-2-9(6-10)16-8;;/h3-4,7-10,16H,1-2,5-6H2,(H,17,18);2*1H. The van der Waals surface area contributed by atoms with Crippen LogP contribution in [0.5, 0.6) is 0 Å². The van der Waals surface area contributed by atoms with Gasteiger partial charge in [-0.3, -0.25) is 9.78 Å². The number of rotatable bonds is 2. The van der Waals surface area contributed by atoms with E-state index in [-0.39, 0.29) is 42.3 Å². The predicted octanol–water partition coefficient (Wildman–Crippen LogP) is 2.08. The molecule has 0 aromatic carbocycles. The van der Waals surface area contributed by atoms with Gasteiger partial charge >= 0.3 is 0 Å². The van der Waals surface area contributed by atoms with Crippen molar-refractivity contribution in [2.24, 2.45) is 0 Å². The lowest BCUT2D eigenvalue weighted by Gasteiger charge is -2.29. The highest BCUT2D eigenvalue weighted by molar-refractivity contribution is 5.94. The van der Waals surface area contributed by atoms with Crippen LogP contribution in [-0.4, -0.2) is 29.0 Å². The van der Waals surface area contributed by atoms with Gasteiger partial charge in [0.15, 0.2) is 5.82 Å². The van der Waals surface area contributed by atoms with Gasteiger partial charge in [-0.2, -0.15) is 0 Å². The first-order valence-electron chi connectivity index (χ1n) is 6.39. The maximum absolute atomic E-state index is 13.4. The van der Waals surface area contributed by atoms with Crippen LogP contribution < -0.4 is 10.6 Å². The smallest absolute Gasteiger partial charge is 0.254 e. The SMILES string of the molecule is Cl.Cl.O=C(NC1CC2CCC(C1)N2)c1ccncc1F. The van der Waals surface area contributed by atoms with Crippen LogP contribution in [0, 0.1) is 5.82 Å². The van der Waals surface area contributed by atoms with Gasteiger partial charge in [-0.05, 0) is 31.7 Å². The number of carbonyl (C=O) groups excluding carboxylic acids is 1. The molecule has 0 radical (unpaired) electrons. The Labute approximate surface area is 129 Å². The fourth-order valence-electron chi connectivity index (χ4n) is 3.00. The number of pyridine rings is 1. The largest absolute Gasteiger partial charge is 0.349 e. The lowest BCUT2D eigenvalue weighted by molar-refractivity contribution is 0.0919. The Morgan fingerprint density at radius 2 is 1.95 bits per heavy atom. The minimum Gasteiger partial charge on any atom is -0.349 e. The highest BCUT2D eigenvalue weighted by atomic mass is 35.5. The number of hydrogen-bond donors (Lipinski definition) is 2. The highest BCUT2D eigenvalue weighted by Crippen LogP contribution is 2.26. The molecular weight excluding hydrogens is 304 g/mol. The van der Waals surface area contributed by atoms with Gasteiger partial charge in [-0.25, -0.2) is 4.39 Å². The molecule has 20 heavy (non-hydrogen) atoms. The van der Waals surface area contributed by atoms with E-state index in [9.17, 15) is 9.18 Å². The molecule has 0 saturated carbocycles. The van der Waals surface area contributed by atoms with E-state index in [2.05, 4.69) is 15.6 Å². The summed E-state index contributed by atoms with van der Waals surface area (Å²) in [5.41, 5.74) is 0.0795. The first-order valence-corrected chi connectivity index (χ1v) is 6.39. The number of carbonyl (C=O) groups is 1. The molecule has 1 aromatic heterocycles. The average Bonchev–Trinajstić information content (AvgIpc) is 2.69. The average molecular weight is 322 g/mol. The molecule has 2 aliphatic heterocycles. The molecule has 2 fully saturated rings. The number of aromatic nitrogens is 1. The number of nitrogens with zero attached hydrogens (tertiary/aromatic N) is 1. The summed E-state index contributed by atoms with van der Waals surface area (Å²) in [4.78, 5) is 15.6. The minimum atomic E-state index is -0.563. The van der Waals surface area contributed by atoms with Gasteiger partial charge in [-0.1, -0.05) is 0 Å². The van der Waals surface area contributed by atoms with E-state index >= 15 is 0 Å². The molecule has 2 atom stereocenters. The van der Waals surface area contributed by atoms with Crippen LogP contribution in [0.4, 0.5) is 4.39 Å². The van der Waals surface area contributed by atoms with Crippen LogP contribution in [0.2, 0.25) is 0 Å². The first kappa shape index (κ1) is 17.1. The summed E-state index contributed by atoms with van der Waals surface area (Å²) in [6.07, 6.45) is 6.75. The van der Waals surface area contributed by atoms with Gasteiger partial charge in [0.2, 0.25) is 0 Å². The van der Waals surface area contributed by atoms with Crippen molar-refractivity contribution in [1.29, 1.82) is 0 Å². The zero-order valence-electron chi connectivity index (χ0n) is 10.8. The van der Waals surface area contributed by atoms with Crippen LogP contribution in [0.1, 0.15) is 36.0 Å². The van der Waals surface area contributed by atoms with Gasteiger partial charge in [0.05, 0.1) is 11.8 Å². The molecule has 7 heteroatoms. The molecule has 1 aromatic rings. The Hall–Kier alpha value is -0.910. The third-order valence-corrected chi connectivity index (χ3v) is 3.83. The summed E-state index contributed by atoms with van der Waals surface area (Å²) < 4.78 is 13.4. The second-order valence-corrected chi connectivity index (χ2v) is 5.14. The molecule has 0 spiro atoms. The lowest BCUT2D eigenvalue weighted by Crippen LogP contribution is -2.48. The summed E-state index contributed by atoms with van der Waals surface area (Å²) in [6, 6.07) is 2.59. The monoisotopic (exact) mass is 321 g/mol. The summed E-state index contributed by atoms with van der Waals surface area (Å²) in [5.74, 6) is -0.895. The first-order chi connectivity index (χ1) is 8.72. The Bertz CT molecular complexity index is 463. The fraction of sp³-hybridized carbons (Fsp3) is 0.538. The second kappa shape index (κ2) is 7.20. The number of amides is 1. The normalized spacial score (nSPS) is 27.1. The molecule has 0 aliphatic carbocycles. The lowest BCUT2D eigenvalue weighted by atomic mass is 9.99. The molecule has 3 heterocycles. The maximum Gasteiger partial charge on any atom is 0.254 e. The fourth-order valence-corrected chi connectivity index (χ4v) is 3.00.